The van der Waals surface area contributed by atoms with E-state index in [4.69, 9.17) is 0 Å². The first-order valence-electron chi connectivity index (χ1n) is 6.99. The SMILES string of the molecule is Cc1ccc(C=Nn2cnnc2SCc2ccccc2)cc1. The number of nitrogens with zero attached hydrogens (tertiary/aromatic N) is 4. The van der Waals surface area contributed by atoms with Crippen molar-refractivity contribution in [3.05, 3.63) is 77.6 Å². The number of benzene rings is 2. The maximum atomic E-state index is 4.42. The van der Waals surface area contributed by atoms with Gasteiger partial charge in [0, 0.05) is 5.75 Å². The van der Waals surface area contributed by atoms with Crippen LogP contribution in [-0.4, -0.2) is 21.1 Å². The second kappa shape index (κ2) is 7.04. The van der Waals surface area contributed by atoms with Crippen LogP contribution in [0.4, 0.5) is 0 Å². The van der Waals surface area contributed by atoms with Crippen LogP contribution in [0.2, 0.25) is 0 Å². The van der Waals surface area contributed by atoms with Gasteiger partial charge >= 0.3 is 0 Å². The molecule has 1 heterocycles. The van der Waals surface area contributed by atoms with Gasteiger partial charge in [-0.15, -0.1) is 10.2 Å². The first kappa shape index (κ1) is 14.5. The second-order valence-corrected chi connectivity index (χ2v) is 5.83. The van der Waals surface area contributed by atoms with Gasteiger partial charge in [-0.2, -0.15) is 9.78 Å². The van der Waals surface area contributed by atoms with Crippen molar-refractivity contribution in [1.82, 2.24) is 14.9 Å². The molecular weight excluding hydrogens is 292 g/mol. The molecule has 1 aromatic heterocycles. The van der Waals surface area contributed by atoms with E-state index in [0.717, 1.165) is 16.5 Å². The minimum Gasteiger partial charge on any atom is -0.195 e. The van der Waals surface area contributed by atoms with E-state index in [1.54, 1.807) is 22.8 Å². The molecule has 0 atom stereocenters. The summed E-state index contributed by atoms with van der Waals surface area (Å²) >= 11 is 1.62. The third kappa shape index (κ3) is 3.83. The molecule has 0 fully saturated rings. The summed E-state index contributed by atoms with van der Waals surface area (Å²) in [7, 11) is 0. The number of aromatic nitrogens is 3. The summed E-state index contributed by atoms with van der Waals surface area (Å²) in [6.07, 6.45) is 3.44. The Morgan fingerprint density at radius 1 is 1.09 bits per heavy atom. The maximum absolute atomic E-state index is 4.42. The van der Waals surface area contributed by atoms with Gasteiger partial charge in [-0.25, -0.2) is 0 Å². The van der Waals surface area contributed by atoms with Gasteiger partial charge in [0.2, 0.25) is 5.16 Å². The van der Waals surface area contributed by atoms with E-state index < -0.39 is 0 Å². The van der Waals surface area contributed by atoms with Gasteiger partial charge in [0.25, 0.3) is 0 Å². The molecule has 2 aromatic carbocycles. The average molecular weight is 308 g/mol. The second-order valence-electron chi connectivity index (χ2n) is 4.89. The largest absolute Gasteiger partial charge is 0.212 e. The maximum Gasteiger partial charge on any atom is 0.212 e. The Bertz CT molecular complexity index is 748. The molecule has 0 spiro atoms. The highest BCUT2D eigenvalue weighted by Crippen LogP contribution is 2.20. The Balaban J connectivity index is 1.68. The number of thioether (sulfide) groups is 1. The van der Waals surface area contributed by atoms with Crippen molar-refractivity contribution in [2.24, 2.45) is 5.10 Å². The van der Waals surface area contributed by atoms with Gasteiger partial charge in [0.1, 0.15) is 6.33 Å². The fraction of sp³-hybridized carbons (Fsp3) is 0.118. The van der Waals surface area contributed by atoms with E-state index in [1.807, 2.05) is 36.5 Å². The third-order valence-electron chi connectivity index (χ3n) is 3.12. The Hall–Kier alpha value is -2.40. The van der Waals surface area contributed by atoms with Crippen molar-refractivity contribution in [2.45, 2.75) is 17.8 Å². The monoisotopic (exact) mass is 308 g/mol. The molecule has 0 amide bonds. The Morgan fingerprint density at radius 2 is 1.86 bits per heavy atom. The number of hydrogen-bond donors (Lipinski definition) is 0. The summed E-state index contributed by atoms with van der Waals surface area (Å²) in [6, 6.07) is 18.5. The number of rotatable bonds is 5. The lowest BCUT2D eigenvalue weighted by Crippen LogP contribution is -1.92. The van der Waals surface area contributed by atoms with Crippen LogP contribution in [-0.2, 0) is 5.75 Å². The summed E-state index contributed by atoms with van der Waals surface area (Å²) in [5.41, 5.74) is 3.54. The highest BCUT2D eigenvalue weighted by Gasteiger charge is 2.04. The third-order valence-corrected chi connectivity index (χ3v) is 4.12. The summed E-state index contributed by atoms with van der Waals surface area (Å²) in [5.74, 6) is 0.847. The van der Waals surface area contributed by atoms with Gasteiger partial charge in [-0.1, -0.05) is 71.9 Å². The molecule has 0 bridgehead atoms. The van der Waals surface area contributed by atoms with Crippen LogP contribution >= 0.6 is 11.8 Å². The van der Waals surface area contributed by atoms with Crippen molar-refractivity contribution in [2.75, 3.05) is 0 Å². The van der Waals surface area contributed by atoms with Crippen LogP contribution in [0.1, 0.15) is 16.7 Å². The van der Waals surface area contributed by atoms with E-state index in [1.165, 1.54) is 11.1 Å². The predicted molar refractivity (Wildman–Crippen MR) is 90.2 cm³/mol. The highest BCUT2D eigenvalue weighted by atomic mass is 32.2. The van der Waals surface area contributed by atoms with E-state index in [2.05, 4.69) is 46.5 Å². The molecule has 0 aliphatic rings. The van der Waals surface area contributed by atoms with E-state index >= 15 is 0 Å². The van der Waals surface area contributed by atoms with Crippen molar-refractivity contribution < 1.29 is 0 Å². The first-order chi connectivity index (χ1) is 10.8. The highest BCUT2D eigenvalue weighted by molar-refractivity contribution is 7.98. The summed E-state index contributed by atoms with van der Waals surface area (Å²) in [4.78, 5) is 0. The zero-order valence-electron chi connectivity index (χ0n) is 12.3. The van der Waals surface area contributed by atoms with Crippen LogP contribution in [0.25, 0.3) is 0 Å². The predicted octanol–water partition coefficient (Wildman–Crippen LogP) is 3.76. The van der Waals surface area contributed by atoms with Crippen molar-refractivity contribution in [3.63, 3.8) is 0 Å². The normalized spacial score (nSPS) is 11.1. The Morgan fingerprint density at radius 3 is 2.64 bits per heavy atom. The summed E-state index contributed by atoms with van der Waals surface area (Å²) < 4.78 is 1.70. The van der Waals surface area contributed by atoms with Gasteiger partial charge in [0.15, 0.2) is 0 Å². The van der Waals surface area contributed by atoms with E-state index in [0.29, 0.717) is 0 Å². The standard InChI is InChI=1S/C17H16N4S/c1-14-7-9-15(10-8-14)11-19-21-13-18-20-17(21)22-12-16-5-3-2-4-6-16/h2-11,13H,12H2,1H3. The molecule has 4 nitrogen and oxygen atoms in total. The lowest BCUT2D eigenvalue weighted by molar-refractivity contribution is 0.767. The lowest BCUT2D eigenvalue weighted by atomic mass is 10.2. The number of aryl methyl sites for hydroxylation is 1. The molecule has 0 saturated heterocycles. The van der Waals surface area contributed by atoms with Crippen LogP contribution in [0, 0.1) is 6.92 Å². The fourth-order valence-electron chi connectivity index (χ4n) is 1.90. The molecule has 0 unspecified atom stereocenters. The fourth-order valence-corrected chi connectivity index (χ4v) is 2.72. The van der Waals surface area contributed by atoms with Crippen molar-refractivity contribution >= 4 is 18.0 Å². The minimum atomic E-state index is 0.784. The first-order valence-corrected chi connectivity index (χ1v) is 7.97. The lowest BCUT2D eigenvalue weighted by Gasteiger charge is -2.01. The smallest absolute Gasteiger partial charge is 0.195 e. The quantitative estimate of drug-likeness (QED) is 0.532. The molecule has 0 aliphatic heterocycles. The van der Waals surface area contributed by atoms with E-state index in [9.17, 15) is 0 Å². The van der Waals surface area contributed by atoms with Gasteiger partial charge in [0.05, 0.1) is 6.21 Å². The molecule has 0 saturated carbocycles. The molecule has 0 aliphatic carbocycles. The zero-order chi connectivity index (χ0) is 15.2. The molecule has 0 radical (unpaired) electrons. The van der Waals surface area contributed by atoms with E-state index in [-0.39, 0.29) is 0 Å². The van der Waals surface area contributed by atoms with Gasteiger partial charge in [-0.05, 0) is 18.1 Å². The molecule has 110 valence electrons. The van der Waals surface area contributed by atoms with Crippen LogP contribution in [0.5, 0.6) is 0 Å². The summed E-state index contributed by atoms with van der Waals surface area (Å²) in [6.45, 7) is 2.07. The molecule has 0 N–H and O–H groups in total. The Labute approximate surface area is 133 Å². The number of hydrogen-bond acceptors (Lipinski definition) is 4. The molecule has 22 heavy (non-hydrogen) atoms. The van der Waals surface area contributed by atoms with Gasteiger partial charge < -0.3 is 0 Å². The van der Waals surface area contributed by atoms with Crippen molar-refractivity contribution in [3.8, 4) is 0 Å². The molecular formula is C17H16N4S. The van der Waals surface area contributed by atoms with Crippen molar-refractivity contribution in [1.29, 1.82) is 0 Å². The van der Waals surface area contributed by atoms with Crippen LogP contribution in [0.3, 0.4) is 0 Å². The Kier molecular flexibility index (Phi) is 4.65. The topological polar surface area (TPSA) is 43.1 Å². The molecule has 3 rings (SSSR count). The van der Waals surface area contributed by atoms with Crippen LogP contribution in [0.15, 0.2) is 71.2 Å². The molecule has 5 heteroatoms. The molecule has 3 aromatic rings. The van der Waals surface area contributed by atoms with Crippen LogP contribution < -0.4 is 0 Å². The summed E-state index contributed by atoms with van der Waals surface area (Å²) in [5, 5.41) is 13.3. The zero-order valence-corrected chi connectivity index (χ0v) is 13.1. The average Bonchev–Trinajstić information content (AvgIpc) is 3.01. The van der Waals surface area contributed by atoms with Gasteiger partial charge in [-0.3, -0.25) is 0 Å². The minimum absolute atomic E-state index is 0.784.